The summed E-state index contributed by atoms with van der Waals surface area (Å²) < 4.78 is 6.51. The molecule has 1 amide bonds. The van der Waals surface area contributed by atoms with E-state index in [-0.39, 0.29) is 17.3 Å². The molecule has 2 aromatic carbocycles. The Hall–Kier alpha value is -2.50. The predicted molar refractivity (Wildman–Crippen MR) is 111 cm³/mol. The van der Waals surface area contributed by atoms with Gasteiger partial charge in [0.05, 0.1) is 18.7 Å². The average Bonchev–Trinajstić information content (AvgIpc) is 3.54. The first-order chi connectivity index (χ1) is 14.1. The van der Waals surface area contributed by atoms with Crippen LogP contribution in [0.25, 0.3) is 0 Å². The summed E-state index contributed by atoms with van der Waals surface area (Å²) in [5, 5.41) is 0. The summed E-state index contributed by atoms with van der Waals surface area (Å²) in [6.07, 6.45) is 3.31. The normalized spacial score (nSPS) is 22.8. The van der Waals surface area contributed by atoms with Gasteiger partial charge >= 0.3 is 0 Å². The number of benzene rings is 2. The second-order valence-corrected chi connectivity index (χ2v) is 8.57. The van der Waals surface area contributed by atoms with Crippen LogP contribution in [-0.4, -0.2) is 54.0 Å². The first kappa shape index (κ1) is 18.5. The molecule has 0 unspecified atom stereocenters. The van der Waals surface area contributed by atoms with Gasteiger partial charge in [-0.25, -0.2) is 0 Å². The molecule has 2 aliphatic heterocycles. The highest BCUT2D eigenvalue weighted by Gasteiger charge is 2.62. The molecule has 2 saturated heterocycles. The van der Waals surface area contributed by atoms with Crippen LogP contribution in [0.3, 0.4) is 0 Å². The van der Waals surface area contributed by atoms with E-state index in [0.717, 1.165) is 50.0 Å². The molecule has 0 N–H and O–H groups in total. The van der Waals surface area contributed by atoms with Gasteiger partial charge < -0.3 is 9.64 Å². The lowest BCUT2D eigenvalue weighted by Crippen LogP contribution is -2.63. The molecule has 150 valence electrons. The standard InChI is InChI=1S/C24H26N2O3/c27-21(19-7-3-1-4-8-19)17-25-15-13-23(14-16-25)18-26(20-9-5-2-6-10-20)22(28)24(29-23)11-12-24/h1-10H,11-18H2. The maximum Gasteiger partial charge on any atom is 0.259 e. The molecule has 29 heavy (non-hydrogen) atoms. The van der Waals surface area contributed by atoms with E-state index in [0.29, 0.717) is 13.1 Å². The second kappa shape index (κ2) is 7.08. The quantitative estimate of drug-likeness (QED) is 0.752. The zero-order valence-corrected chi connectivity index (χ0v) is 16.5. The van der Waals surface area contributed by atoms with Gasteiger partial charge in [-0.15, -0.1) is 0 Å². The summed E-state index contributed by atoms with van der Waals surface area (Å²) >= 11 is 0. The van der Waals surface area contributed by atoms with Gasteiger partial charge in [-0.05, 0) is 37.8 Å². The van der Waals surface area contributed by atoms with Crippen LogP contribution in [0.2, 0.25) is 0 Å². The van der Waals surface area contributed by atoms with Gasteiger partial charge in [0.2, 0.25) is 0 Å². The zero-order valence-electron chi connectivity index (χ0n) is 16.5. The Morgan fingerprint density at radius 3 is 2.14 bits per heavy atom. The van der Waals surface area contributed by atoms with Gasteiger partial charge in [0, 0.05) is 24.3 Å². The average molecular weight is 390 g/mol. The van der Waals surface area contributed by atoms with Gasteiger partial charge in [0.15, 0.2) is 5.78 Å². The number of carbonyl (C=O) groups is 2. The molecule has 0 radical (unpaired) electrons. The number of carbonyl (C=O) groups excluding carboxylic acids is 2. The maximum atomic E-state index is 13.0. The Kier molecular flexibility index (Phi) is 4.52. The van der Waals surface area contributed by atoms with Crippen LogP contribution in [0.4, 0.5) is 5.69 Å². The fraction of sp³-hybridized carbons (Fsp3) is 0.417. The van der Waals surface area contributed by atoms with E-state index in [1.807, 2.05) is 65.6 Å². The number of likely N-dealkylation sites (tertiary alicyclic amines) is 1. The molecule has 1 aliphatic carbocycles. The number of ketones is 1. The molecular formula is C24H26N2O3. The number of piperidine rings is 1. The fourth-order valence-electron chi connectivity index (χ4n) is 4.64. The van der Waals surface area contributed by atoms with Crippen LogP contribution in [0.1, 0.15) is 36.0 Å². The molecule has 5 heteroatoms. The lowest BCUT2D eigenvalue weighted by Gasteiger charge is -2.50. The number of nitrogens with zero attached hydrogens (tertiary/aromatic N) is 2. The van der Waals surface area contributed by atoms with Gasteiger partial charge in [-0.3, -0.25) is 14.5 Å². The van der Waals surface area contributed by atoms with Crippen LogP contribution in [0.5, 0.6) is 0 Å². The van der Waals surface area contributed by atoms with Crippen molar-refractivity contribution in [2.75, 3.05) is 31.1 Å². The van der Waals surface area contributed by atoms with Crippen LogP contribution in [0, 0.1) is 0 Å². The number of anilines is 1. The lowest BCUT2D eigenvalue weighted by atomic mass is 9.87. The van der Waals surface area contributed by atoms with Crippen molar-refractivity contribution < 1.29 is 14.3 Å². The number of amides is 1. The Morgan fingerprint density at radius 2 is 1.52 bits per heavy atom. The summed E-state index contributed by atoms with van der Waals surface area (Å²) in [4.78, 5) is 29.7. The third-order valence-corrected chi connectivity index (χ3v) is 6.50. The van der Waals surface area contributed by atoms with Crippen molar-refractivity contribution >= 4 is 17.4 Å². The fourth-order valence-corrected chi connectivity index (χ4v) is 4.64. The zero-order chi connectivity index (χ0) is 19.9. The molecule has 2 spiro atoms. The summed E-state index contributed by atoms with van der Waals surface area (Å²) in [5.41, 5.74) is 0.787. The Morgan fingerprint density at radius 1 is 0.897 bits per heavy atom. The van der Waals surface area contributed by atoms with E-state index in [4.69, 9.17) is 4.74 Å². The molecule has 0 atom stereocenters. The number of ether oxygens (including phenoxy) is 1. The number of hydrogen-bond donors (Lipinski definition) is 0. The first-order valence-electron chi connectivity index (χ1n) is 10.5. The van der Waals surface area contributed by atoms with E-state index in [1.165, 1.54) is 0 Å². The van der Waals surface area contributed by atoms with Crippen LogP contribution < -0.4 is 4.90 Å². The van der Waals surface area contributed by atoms with E-state index in [2.05, 4.69) is 4.90 Å². The summed E-state index contributed by atoms with van der Waals surface area (Å²) in [6.45, 7) is 2.65. The van der Waals surface area contributed by atoms with E-state index in [1.54, 1.807) is 0 Å². The topological polar surface area (TPSA) is 49.9 Å². The number of Topliss-reactive ketones (excluding diaryl/α,β-unsaturated/α-hetero) is 1. The Labute approximate surface area is 171 Å². The van der Waals surface area contributed by atoms with Gasteiger partial charge in [0.25, 0.3) is 5.91 Å². The van der Waals surface area contributed by atoms with Crippen molar-refractivity contribution in [1.29, 1.82) is 0 Å². The smallest absolute Gasteiger partial charge is 0.259 e. The highest BCUT2D eigenvalue weighted by atomic mass is 16.5. The molecule has 5 rings (SSSR count). The SMILES string of the molecule is O=C(CN1CCC2(CC1)CN(c1ccccc1)C(=O)C1(CC1)O2)c1ccccc1. The second-order valence-electron chi connectivity index (χ2n) is 8.57. The van der Waals surface area contributed by atoms with Crippen LogP contribution in [0.15, 0.2) is 60.7 Å². The molecule has 3 fully saturated rings. The van der Waals surface area contributed by atoms with Gasteiger partial charge in [-0.2, -0.15) is 0 Å². The van der Waals surface area contributed by atoms with Gasteiger partial charge in [0.1, 0.15) is 5.60 Å². The minimum Gasteiger partial charge on any atom is -0.357 e. The largest absolute Gasteiger partial charge is 0.357 e. The third-order valence-electron chi connectivity index (χ3n) is 6.50. The summed E-state index contributed by atoms with van der Waals surface area (Å²) in [6, 6.07) is 19.4. The predicted octanol–water partition coefficient (Wildman–Crippen LogP) is 3.30. The van der Waals surface area contributed by atoms with Crippen molar-refractivity contribution in [3.8, 4) is 0 Å². The number of hydrogen-bond acceptors (Lipinski definition) is 4. The molecule has 2 aromatic rings. The maximum absolute atomic E-state index is 13.0. The highest BCUT2D eigenvalue weighted by Crippen LogP contribution is 2.50. The Balaban J connectivity index is 1.28. The summed E-state index contributed by atoms with van der Waals surface area (Å²) in [5.74, 6) is 0.266. The van der Waals surface area contributed by atoms with Crippen molar-refractivity contribution in [2.24, 2.45) is 0 Å². The van der Waals surface area contributed by atoms with Crippen molar-refractivity contribution in [1.82, 2.24) is 4.90 Å². The molecule has 3 aliphatic rings. The first-order valence-corrected chi connectivity index (χ1v) is 10.5. The molecule has 2 heterocycles. The molecular weight excluding hydrogens is 364 g/mol. The minimum atomic E-state index is -0.615. The van der Waals surface area contributed by atoms with Crippen LogP contribution in [-0.2, 0) is 9.53 Å². The van der Waals surface area contributed by atoms with Crippen molar-refractivity contribution in [3.63, 3.8) is 0 Å². The molecule has 0 bridgehead atoms. The van der Waals surface area contributed by atoms with E-state index >= 15 is 0 Å². The number of rotatable bonds is 4. The molecule has 0 aromatic heterocycles. The third kappa shape index (κ3) is 3.49. The highest BCUT2D eigenvalue weighted by molar-refractivity contribution is 6.02. The monoisotopic (exact) mass is 390 g/mol. The van der Waals surface area contributed by atoms with E-state index < -0.39 is 5.60 Å². The van der Waals surface area contributed by atoms with Crippen molar-refractivity contribution in [2.45, 2.75) is 36.9 Å². The number of morpholine rings is 1. The van der Waals surface area contributed by atoms with Gasteiger partial charge in [-0.1, -0.05) is 48.5 Å². The van der Waals surface area contributed by atoms with Crippen LogP contribution >= 0.6 is 0 Å². The molecule has 5 nitrogen and oxygen atoms in total. The minimum absolute atomic E-state index is 0.107. The molecule has 1 saturated carbocycles. The lowest BCUT2D eigenvalue weighted by molar-refractivity contribution is -0.171. The summed E-state index contributed by atoms with van der Waals surface area (Å²) in [7, 11) is 0. The van der Waals surface area contributed by atoms with E-state index in [9.17, 15) is 9.59 Å². The van der Waals surface area contributed by atoms with Crippen molar-refractivity contribution in [3.05, 3.63) is 66.2 Å². The Bertz CT molecular complexity index is 900. The number of para-hydroxylation sites is 1.